The monoisotopic (exact) mass is 349 g/mol. The van der Waals surface area contributed by atoms with Crippen molar-refractivity contribution in [2.45, 2.75) is 51.5 Å². The molecule has 0 atom stereocenters. The first-order valence-corrected chi connectivity index (χ1v) is 9.25. The fourth-order valence-corrected chi connectivity index (χ4v) is 2.95. The van der Waals surface area contributed by atoms with Crippen LogP contribution in [0, 0.1) is 0 Å². The summed E-state index contributed by atoms with van der Waals surface area (Å²) >= 11 is 0. The minimum Gasteiger partial charge on any atom is -0.352 e. The SMILES string of the molecule is CCCc1noc(CCC(=O)N2CCN(CC(=O)NC3CC3)CC2)n1. The third-order valence-corrected chi connectivity index (χ3v) is 4.57. The van der Waals surface area contributed by atoms with Gasteiger partial charge < -0.3 is 14.7 Å². The molecule has 2 heterocycles. The summed E-state index contributed by atoms with van der Waals surface area (Å²) in [4.78, 5) is 32.4. The van der Waals surface area contributed by atoms with Gasteiger partial charge in [0, 0.05) is 51.5 Å². The predicted octanol–water partition coefficient (Wildman–Crippen LogP) is 0.378. The summed E-state index contributed by atoms with van der Waals surface area (Å²) in [7, 11) is 0. The van der Waals surface area contributed by atoms with Gasteiger partial charge in [0.15, 0.2) is 5.82 Å². The maximum absolute atomic E-state index is 12.3. The van der Waals surface area contributed by atoms with Crippen molar-refractivity contribution in [2.24, 2.45) is 0 Å². The van der Waals surface area contributed by atoms with Gasteiger partial charge in [-0.1, -0.05) is 12.1 Å². The van der Waals surface area contributed by atoms with Crippen molar-refractivity contribution in [3.8, 4) is 0 Å². The van der Waals surface area contributed by atoms with Crippen LogP contribution in [0.2, 0.25) is 0 Å². The number of carbonyl (C=O) groups excluding carboxylic acids is 2. The standard InChI is InChI=1S/C17H27N5O3/c1-2-3-14-19-16(25-20-14)6-7-17(24)22-10-8-21(9-11-22)12-15(23)18-13-4-5-13/h13H,2-12H2,1H3,(H,18,23). The Hall–Kier alpha value is -1.96. The first-order chi connectivity index (χ1) is 12.1. The second-order valence-electron chi connectivity index (χ2n) is 6.85. The molecule has 2 amide bonds. The average molecular weight is 349 g/mol. The average Bonchev–Trinajstić information content (AvgIpc) is 3.30. The number of aromatic nitrogens is 2. The Bertz CT molecular complexity index is 591. The Balaban J connectivity index is 1.35. The molecule has 1 aromatic rings. The van der Waals surface area contributed by atoms with Gasteiger partial charge in [-0.05, 0) is 19.3 Å². The number of piperazine rings is 1. The number of hydrogen-bond donors (Lipinski definition) is 1. The molecule has 1 N–H and O–H groups in total. The number of nitrogens with one attached hydrogen (secondary N) is 1. The van der Waals surface area contributed by atoms with Crippen molar-refractivity contribution in [1.82, 2.24) is 25.3 Å². The molecule has 1 aromatic heterocycles. The Kier molecular flexibility index (Phi) is 6.01. The Labute approximate surface area is 147 Å². The first-order valence-electron chi connectivity index (χ1n) is 9.25. The summed E-state index contributed by atoms with van der Waals surface area (Å²) in [5.41, 5.74) is 0. The highest BCUT2D eigenvalue weighted by Gasteiger charge is 2.26. The van der Waals surface area contributed by atoms with E-state index in [0.717, 1.165) is 38.8 Å². The number of nitrogens with zero attached hydrogens (tertiary/aromatic N) is 4. The normalized spacial score (nSPS) is 18.4. The highest BCUT2D eigenvalue weighted by atomic mass is 16.5. The maximum atomic E-state index is 12.3. The van der Waals surface area contributed by atoms with E-state index in [0.29, 0.717) is 50.2 Å². The molecule has 2 fully saturated rings. The summed E-state index contributed by atoms with van der Waals surface area (Å²) in [6, 6.07) is 0.401. The molecule has 0 aromatic carbocycles. The maximum Gasteiger partial charge on any atom is 0.234 e. The van der Waals surface area contributed by atoms with E-state index in [-0.39, 0.29) is 11.8 Å². The van der Waals surface area contributed by atoms with Crippen LogP contribution in [0.4, 0.5) is 0 Å². The summed E-state index contributed by atoms with van der Waals surface area (Å²) < 4.78 is 5.17. The van der Waals surface area contributed by atoms with Crippen LogP contribution in [0.3, 0.4) is 0 Å². The summed E-state index contributed by atoms with van der Waals surface area (Å²) in [6.07, 6.45) is 4.85. The van der Waals surface area contributed by atoms with Crippen LogP contribution in [0.15, 0.2) is 4.52 Å². The van der Waals surface area contributed by atoms with E-state index in [9.17, 15) is 9.59 Å². The molecule has 2 aliphatic rings. The largest absolute Gasteiger partial charge is 0.352 e. The summed E-state index contributed by atoms with van der Waals surface area (Å²) in [5, 5.41) is 6.90. The zero-order valence-electron chi connectivity index (χ0n) is 14.9. The van der Waals surface area contributed by atoms with Crippen molar-refractivity contribution in [3.63, 3.8) is 0 Å². The molecule has 1 saturated heterocycles. The Morgan fingerprint density at radius 3 is 2.64 bits per heavy atom. The topological polar surface area (TPSA) is 91.6 Å². The Morgan fingerprint density at radius 1 is 1.20 bits per heavy atom. The third kappa shape index (κ3) is 5.52. The van der Waals surface area contributed by atoms with Crippen molar-refractivity contribution >= 4 is 11.8 Å². The van der Waals surface area contributed by atoms with E-state index in [1.54, 1.807) is 0 Å². The van der Waals surface area contributed by atoms with E-state index in [1.165, 1.54) is 0 Å². The third-order valence-electron chi connectivity index (χ3n) is 4.57. The zero-order chi connectivity index (χ0) is 17.6. The van der Waals surface area contributed by atoms with E-state index in [1.807, 2.05) is 4.90 Å². The summed E-state index contributed by atoms with van der Waals surface area (Å²) in [5.74, 6) is 1.45. The number of amides is 2. The number of carbonyl (C=O) groups is 2. The van der Waals surface area contributed by atoms with E-state index in [2.05, 4.69) is 27.3 Å². The van der Waals surface area contributed by atoms with E-state index >= 15 is 0 Å². The highest BCUT2D eigenvalue weighted by Crippen LogP contribution is 2.18. The molecule has 0 bridgehead atoms. The second-order valence-corrected chi connectivity index (χ2v) is 6.85. The molecule has 0 unspecified atom stereocenters. The molecule has 3 rings (SSSR count). The molecule has 8 nitrogen and oxygen atoms in total. The van der Waals surface area contributed by atoms with Crippen LogP contribution < -0.4 is 5.32 Å². The minimum absolute atomic E-state index is 0.0987. The van der Waals surface area contributed by atoms with Crippen molar-refractivity contribution in [2.75, 3.05) is 32.7 Å². The minimum atomic E-state index is 0.0987. The molecule has 8 heteroatoms. The van der Waals surface area contributed by atoms with Crippen molar-refractivity contribution in [3.05, 3.63) is 11.7 Å². The van der Waals surface area contributed by atoms with Crippen LogP contribution in [-0.4, -0.2) is 70.5 Å². The highest BCUT2D eigenvalue weighted by molar-refractivity contribution is 5.79. The van der Waals surface area contributed by atoms with Gasteiger partial charge in [0.25, 0.3) is 0 Å². The van der Waals surface area contributed by atoms with Crippen molar-refractivity contribution in [1.29, 1.82) is 0 Å². The van der Waals surface area contributed by atoms with Crippen LogP contribution >= 0.6 is 0 Å². The smallest absolute Gasteiger partial charge is 0.234 e. The lowest BCUT2D eigenvalue weighted by molar-refractivity contribution is -0.133. The van der Waals surface area contributed by atoms with E-state index in [4.69, 9.17) is 4.52 Å². The molecule has 138 valence electrons. The predicted molar refractivity (Wildman–Crippen MR) is 90.8 cm³/mol. The lowest BCUT2D eigenvalue weighted by Gasteiger charge is -2.34. The zero-order valence-corrected chi connectivity index (χ0v) is 14.9. The van der Waals surface area contributed by atoms with Gasteiger partial charge >= 0.3 is 0 Å². The van der Waals surface area contributed by atoms with Gasteiger partial charge in [-0.25, -0.2) is 0 Å². The van der Waals surface area contributed by atoms with Gasteiger partial charge in [0.05, 0.1) is 6.54 Å². The quantitative estimate of drug-likeness (QED) is 0.729. The fraction of sp³-hybridized carbons (Fsp3) is 0.765. The number of rotatable bonds is 8. The molecule has 0 radical (unpaired) electrons. The lowest BCUT2D eigenvalue weighted by atomic mass is 10.2. The van der Waals surface area contributed by atoms with Crippen molar-refractivity contribution < 1.29 is 14.1 Å². The Morgan fingerprint density at radius 2 is 1.96 bits per heavy atom. The van der Waals surface area contributed by atoms with Crippen LogP contribution in [0.5, 0.6) is 0 Å². The molecule has 1 saturated carbocycles. The molecule has 1 aliphatic carbocycles. The van der Waals surface area contributed by atoms with Gasteiger partial charge in [-0.3, -0.25) is 14.5 Å². The van der Waals surface area contributed by atoms with Gasteiger partial charge in [0.1, 0.15) is 0 Å². The molecule has 1 aliphatic heterocycles. The van der Waals surface area contributed by atoms with Gasteiger partial charge in [-0.2, -0.15) is 4.98 Å². The van der Waals surface area contributed by atoms with Gasteiger partial charge in [-0.15, -0.1) is 0 Å². The number of hydrogen-bond acceptors (Lipinski definition) is 6. The molecular weight excluding hydrogens is 322 g/mol. The van der Waals surface area contributed by atoms with E-state index < -0.39 is 0 Å². The fourth-order valence-electron chi connectivity index (χ4n) is 2.95. The lowest BCUT2D eigenvalue weighted by Crippen LogP contribution is -2.51. The van der Waals surface area contributed by atoms with Crippen LogP contribution in [-0.2, 0) is 22.4 Å². The van der Waals surface area contributed by atoms with Gasteiger partial charge in [0.2, 0.25) is 17.7 Å². The molecule has 25 heavy (non-hydrogen) atoms. The van der Waals surface area contributed by atoms with Crippen LogP contribution in [0.1, 0.15) is 44.3 Å². The molecule has 0 spiro atoms. The first kappa shape index (κ1) is 17.8. The second kappa shape index (κ2) is 8.42. The summed E-state index contributed by atoms with van der Waals surface area (Å²) in [6.45, 7) is 5.31. The molecular formula is C17H27N5O3. The number of aryl methyl sites for hydroxylation is 2. The van der Waals surface area contributed by atoms with Crippen LogP contribution in [0.25, 0.3) is 0 Å².